The maximum Gasteiger partial charge on any atom is 0.111 e. The molecule has 0 radical (unpaired) electrons. The molecular weight excluding hydrogens is 366 g/mol. The number of aliphatic hydroxyl groups is 3. The number of hydrogen-bond donors (Lipinski definition) is 6. The Morgan fingerprint density at radius 2 is 1.91 bits per heavy atom. The van der Waals surface area contributed by atoms with Gasteiger partial charge in [0, 0.05) is 29.2 Å². The van der Waals surface area contributed by atoms with Gasteiger partial charge in [0.25, 0.3) is 0 Å². The maximum absolute atomic E-state index is 10.8. The van der Waals surface area contributed by atoms with E-state index in [1.807, 2.05) is 0 Å². The molecule has 0 aromatic carbocycles. The molecule has 7 N–H and O–H groups in total. The summed E-state index contributed by atoms with van der Waals surface area (Å²) in [6.07, 6.45) is 0.883. The molecule has 8 heteroatoms. The lowest BCUT2D eigenvalue weighted by molar-refractivity contribution is -0.224. The van der Waals surface area contributed by atoms with Crippen LogP contribution in [0.3, 0.4) is 0 Å². The van der Waals surface area contributed by atoms with Crippen LogP contribution in [0.1, 0.15) is 39.0 Å². The lowest BCUT2D eigenvalue weighted by atomic mass is 9.75. The molecule has 2 aliphatic heterocycles. The number of nitrogens with two attached hydrogens (primary N) is 1. The average molecular weight is 396 g/mol. The normalized spacial score (nSPS) is 42.4. The van der Waals surface area contributed by atoms with E-state index in [9.17, 15) is 20.5 Å². The van der Waals surface area contributed by atoms with Gasteiger partial charge in [0.2, 0.25) is 0 Å². The molecule has 2 saturated heterocycles. The summed E-state index contributed by atoms with van der Waals surface area (Å²) in [5.74, 6) is -0.447. The Morgan fingerprint density at radius 3 is 2.52 bits per heavy atom. The highest BCUT2D eigenvalue weighted by molar-refractivity contribution is 9.09. The number of nitrogens with one attached hydrogen (secondary N) is 1. The van der Waals surface area contributed by atoms with E-state index in [1.54, 1.807) is 0 Å². The van der Waals surface area contributed by atoms with Crippen LogP contribution in [-0.2, 0) is 0 Å². The Labute approximate surface area is 145 Å². The van der Waals surface area contributed by atoms with Crippen molar-refractivity contribution in [2.75, 3.05) is 6.54 Å². The van der Waals surface area contributed by atoms with E-state index in [-0.39, 0.29) is 17.9 Å². The van der Waals surface area contributed by atoms with Gasteiger partial charge in [-0.3, -0.25) is 5.32 Å². The van der Waals surface area contributed by atoms with E-state index in [2.05, 4.69) is 28.2 Å². The Bertz CT molecular complexity index is 377. The van der Waals surface area contributed by atoms with Gasteiger partial charge < -0.3 is 26.3 Å². The molecule has 7 nitrogen and oxygen atoms in total. The molecule has 2 rings (SSSR count). The number of nitrogens with zero attached hydrogens (tertiary/aromatic N) is 1. The summed E-state index contributed by atoms with van der Waals surface area (Å²) < 4.78 is 0. The van der Waals surface area contributed by atoms with Crippen LogP contribution in [0.2, 0.25) is 0 Å². The fourth-order valence-electron chi connectivity index (χ4n) is 3.88. The smallest absolute Gasteiger partial charge is 0.111 e. The number of rotatable bonds is 5. The molecule has 0 bridgehead atoms. The third-order valence-electron chi connectivity index (χ3n) is 5.25. The molecule has 8 atom stereocenters. The van der Waals surface area contributed by atoms with Gasteiger partial charge in [-0.25, -0.2) is 0 Å². The Hall–Kier alpha value is 0.200. The molecule has 2 aliphatic rings. The number of hydrogen-bond acceptors (Lipinski definition) is 7. The zero-order valence-electron chi connectivity index (χ0n) is 13.6. The summed E-state index contributed by atoms with van der Waals surface area (Å²) in [6, 6.07) is -0.711. The maximum atomic E-state index is 10.8. The zero-order valence-corrected chi connectivity index (χ0v) is 15.1. The second-order valence-corrected chi connectivity index (χ2v) is 8.55. The molecule has 0 spiro atoms. The molecule has 0 aromatic rings. The summed E-state index contributed by atoms with van der Waals surface area (Å²) in [4.78, 5) is 0.380. The van der Waals surface area contributed by atoms with Crippen molar-refractivity contribution in [3.63, 3.8) is 0 Å². The van der Waals surface area contributed by atoms with Crippen LogP contribution in [0.15, 0.2) is 0 Å². The molecular formula is C15H30BrN3O4. The van der Waals surface area contributed by atoms with Gasteiger partial charge in [-0.05, 0) is 32.1 Å². The number of hydroxylamine groups is 2. The topological polar surface area (TPSA) is 122 Å². The third-order valence-corrected chi connectivity index (χ3v) is 5.71. The standard InChI is InChI=1S/C15H30BrN3O4/c1-8(16)2-4-11(17)9-6-7-19(23)13(14(9)21)10-3-5-12(20)18-15(10)22/h8-15,18,20-23H,2-7,17H2,1H3. The Morgan fingerprint density at radius 1 is 1.22 bits per heavy atom. The predicted octanol–water partition coefficient (Wildman–Crippen LogP) is -0.0457. The highest BCUT2D eigenvalue weighted by Crippen LogP contribution is 2.34. The largest absolute Gasteiger partial charge is 0.391 e. The quantitative estimate of drug-likeness (QED) is 0.361. The van der Waals surface area contributed by atoms with Gasteiger partial charge in [-0.15, -0.1) is 0 Å². The van der Waals surface area contributed by atoms with Gasteiger partial charge in [-0.1, -0.05) is 22.9 Å². The van der Waals surface area contributed by atoms with Gasteiger partial charge >= 0.3 is 0 Å². The lowest BCUT2D eigenvalue weighted by Crippen LogP contribution is -2.63. The van der Waals surface area contributed by atoms with Gasteiger partial charge in [0.1, 0.15) is 12.5 Å². The predicted molar refractivity (Wildman–Crippen MR) is 89.9 cm³/mol. The minimum absolute atomic E-state index is 0.103. The molecule has 0 amide bonds. The summed E-state index contributed by atoms with van der Waals surface area (Å²) >= 11 is 3.51. The van der Waals surface area contributed by atoms with Crippen LogP contribution in [0.5, 0.6) is 0 Å². The fraction of sp³-hybridized carbons (Fsp3) is 1.00. The van der Waals surface area contributed by atoms with Crippen LogP contribution < -0.4 is 11.1 Å². The van der Waals surface area contributed by atoms with Crippen molar-refractivity contribution < 1.29 is 20.5 Å². The van der Waals surface area contributed by atoms with Crippen molar-refractivity contribution in [1.29, 1.82) is 0 Å². The van der Waals surface area contributed by atoms with Gasteiger partial charge in [-0.2, -0.15) is 5.06 Å². The second-order valence-electron chi connectivity index (χ2n) is 6.99. The first-order valence-electron chi connectivity index (χ1n) is 8.46. The van der Waals surface area contributed by atoms with Crippen LogP contribution in [-0.4, -0.2) is 67.6 Å². The first kappa shape index (κ1) is 19.5. The van der Waals surface area contributed by atoms with Crippen LogP contribution >= 0.6 is 15.9 Å². The summed E-state index contributed by atoms with van der Waals surface area (Å²) in [5.41, 5.74) is 6.28. The van der Waals surface area contributed by atoms with E-state index >= 15 is 0 Å². The van der Waals surface area contributed by atoms with Gasteiger partial charge in [0.15, 0.2) is 0 Å². The minimum Gasteiger partial charge on any atom is -0.391 e. The molecule has 0 saturated carbocycles. The average Bonchev–Trinajstić information content (AvgIpc) is 2.47. The summed E-state index contributed by atoms with van der Waals surface area (Å²) in [7, 11) is 0. The minimum atomic E-state index is -0.953. The van der Waals surface area contributed by atoms with Crippen molar-refractivity contribution in [2.45, 2.75) is 74.5 Å². The Balaban J connectivity index is 2.03. The van der Waals surface area contributed by atoms with Crippen LogP contribution in [0.4, 0.5) is 0 Å². The molecule has 0 aromatic heterocycles. The van der Waals surface area contributed by atoms with E-state index in [4.69, 9.17) is 5.73 Å². The van der Waals surface area contributed by atoms with E-state index in [0.29, 0.717) is 30.6 Å². The lowest BCUT2D eigenvalue weighted by Gasteiger charge is -2.48. The summed E-state index contributed by atoms with van der Waals surface area (Å²) in [5, 5.41) is 44.5. The van der Waals surface area contributed by atoms with Crippen molar-refractivity contribution in [3.05, 3.63) is 0 Å². The molecule has 8 unspecified atom stereocenters. The number of piperidine rings is 2. The first-order chi connectivity index (χ1) is 10.8. The van der Waals surface area contributed by atoms with E-state index < -0.39 is 24.6 Å². The summed E-state index contributed by atoms with van der Waals surface area (Å²) in [6.45, 7) is 2.49. The van der Waals surface area contributed by atoms with E-state index in [0.717, 1.165) is 17.9 Å². The number of alkyl halides is 1. The molecule has 136 valence electrons. The zero-order chi connectivity index (χ0) is 17.1. The van der Waals surface area contributed by atoms with Crippen molar-refractivity contribution in [3.8, 4) is 0 Å². The highest BCUT2D eigenvalue weighted by Gasteiger charge is 2.46. The SMILES string of the molecule is CC(Br)CCC(N)C1CCN(O)C(C2CCC(O)NC2O)C1O. The molecule has 2 heterocycles. The second kappa shape index (κ2) is 8.53. The number of halogens is 1. The highest BCUT2D eigenvalue weighted by atomic mass is 79.9. The van der Waals surface area contributed by atoms with Crippen molar-refractivity contribution >= 4 is 15.9 Å². The third kappa shape index (κ3) is 4.85. The Kier molecular flexibility index (Phi) is 7.24. The molecule has 2 fully saturated rings. The fourth-order valence-corrected chi connectivity index (χ4v) is 4.14. The van der Waals surface area contributed by atoms with Crippen LogP contribution in [0, 0.1) is 11.8 Å². The first-order valence-corrected chi connectivity index (χ1v) is 9.38. The molecule has 0 aliphatic carbocycles. The van der Waals surface area contributed by atoms with Crippen molar-refractivity contribution in [2.24, 2.45) is 17.6 Å². The van der Waals surface area contributed by atoms with E-state index in [1.165, 1.54) is 0 Å². The van der Waals surface area contributed by atoms with Crippen molar-refractivity contribution in [1.82, 2.24) is 10.4 Å². The van der Waals surface area contributed by atoms with Crippen LogP contribution in [0.25, 0.3) is 0 Å². The van der Waals surface area contributed by atoms with Gasteiger partial charge in [0.05, 0.1) is 12.1 Å². The molecule has 23 heavy (non-hydrogen) atoms. The number of aliphatic hydroxyl groups excluding tert-OH is 3. The monoisotopic (exact) mass is 395 g/mol.